The van der Waals surface area contributed by atoms with Gasteiger partial charge in [0, 0.05) is 6.54 Å². The topological polar surface area (TPSA) is 47.3 Å². The van der Waals surface area contributed by atoms with Crippen LogP contribution in [0.4, 0.5) is 0 Å². The number of rotatable bonds is 7. The Morgan fingerprint density at radius 1 is 0.903 bits per heavy atom. The van der Waals surface area contributed by atoms with Gasteiger partial charge in [0.05, 0.1) is 17.6 Å². The van der Waals surface area contributed by atoms with Gasteiger partial charge >= 0.3 is 0 Å². The van der Waals surface area contributed by atoms with Gasteiger partial charge in [-0.3, -0.25) is 0 Å². The Balaban J connectivity index is 1.60. The largest absolute Gasteiger partial charge is 0.493 e. The molecule has 4 rings (SSSR count). The zero-order valence-corrected chi connectivity index (χ0v) is 18.7. The first-order chi connectivity index (χ1) is 15.0. The molecular formula is C27H30N2O2. The molecule has 1 aromatic heterocycles. The van der Waals surface area contributed by atoms with Crippen molar-refractivity contribution in [3.63, 3.8) is 0 Å². The number of hydrogen-bond donors (Lipinski definition) is 1. The molecule has 4 aromatic rings. The van der Waals surface area contributed by atoms with Crippen molar-refractivity contribution < 1.29 is 9.84 Å². The average Bonchev–Trinajstić information content (AvgIpc) is 3.11. The lowest BCUT2D eigenvalue weighted by Crippen LogP contribution is -2.12. The van der Waals surface area contributed by atoms with Crippen molar-refractivity contribution in [1.29, 1.82) is 0 Å². The summed E-state index contributed by atoms with van der Waals surface area (Å²) in [6, 6.07) is 20.1. The van der Waals surface area contributed by atoms with E-state index in [9.17, 15) is 5.11 Å². The minimum Gasteiger partial charge on any atom is -0.493 e. The van der Waals surface area contributed by atoms with Crippen molar-refractivity contribution in [3.05, 3.63) is 94.3 Å². The molecule has 4 heteroatoms. The van der Waals surface area contributed by atoms with Gasteiger partial charge in [-0.15, -0.1) is 0 Å². The van der Waals surface area contributed by atoms with Crippen molar-refractivity contribution in [2.45, 2.75) is 46.8 Å². The van der Waals surface area contributed by atoms with Gasteiger partial charge in [0.1, 0.15) is 17.7 Å². The van der Waals surface area contributed by atoms with Crippen molar-refractivity contribution in [1.82, 2.24) is 9.55 Å². The van der Waals surface area contributed by atoms with E-state index in [1.165, 1.54) is 22.3 Å². The molecule has 0 saturated heterocycles. The van der Waals surface area contributed by atoms with Crippen LogP contribution in [0.25, 0.3) is 11.0 Å². The molecule has 0 saturated carbocycles. The summed E-state index contributed by atoms with van der Waals surface area (Å²) in [6.07, 6.45) is 0.0504. The molecule has 4 nitrogen and oxygen atoms in total. The number of aromatic nitrogens is 2. The Hall–Kier alpha value is -3.11. The van der Waals surface area contributed by atoms with Gasteiger partial charge in [-0.1, -0.05) is 42.5 Å². The van der Waals surface area contributed by atoms with Gasteiger partial charge in [-0.25, -0.2) is 4.98 Å². The lowest BCUT2D eigenvalue weighted by Gasteiger charge is -2.15. The van der Waals surface area contributed by atoms with Crippen LogP contribution >= 0.6 is 0 Å². The molecular weight excluding hydrogens is 384 g/mol. The second kappa shape index (κ2) is 8.94. The lowest BCUT2D eigenvalue weighted by molar-refractivity contribution is 0.203. The first-order valence-corrected chi connectivity index (χ1v) is 10.8. The van der Waals surface area contributed by atoms with Gasteiger partial charge in [-0.2, -0.15) is 0 Å². The molecule has 3 aromatic carbocycles. The Bertz CT molecular complexity index is 1200. The maximum absolute atomic E-state index is 11.1. The molecule has 1 heterocycles. The van der Waals surface area contributed by atoms with E-state index in [1.807, 2.05) is 42.5 Å². The Labute approximate surface area is 184 Å². The predicted molar refractivity (Wildman–Crippen MR) is 126 cm³/mol. The molecule has 0 fully saturated rings. The van der Waals surface area contributed by atoms with Crippen LogP contribution in [0.2, 0.25) is 0 Å². The predicted octanol–water partition coefficient (Wildman–Crippen LogP) is 5.82. The smallest absolute Gasteiger partial charge is 0.143 e. The summed E-state index contributed by atoms with van der Waals surface area (Å²) in [5, 5.41) is 11.1. The number of aliphatic hydroxyl groups is 1. The molecule has 0 bridgehead atoms. The van der Waals surface area contributed by atoms with E-state index in [2.05, 4.69) is 50.5 Å². The standard InChI is InChI=1S/C27H30N2O2/c1-18-10-8-13-25(21(18)4)31-15-9-14-29-24-17-20(3)19(2)16-23(24)28-27(29)26(30)22-11-6-5-7-12-22/h5-8,10-13,16-17,26,30H,9,14-15H2,1-4H3. The number of fused-ring (bicyclic) bond motifs is 1. The Morgan fingerprint density at radius 3 is 2.42 bits per heavy atom. The van der Waals surface area contributed by atoms with Crippen LogP contribution in [-0.4, -0.2) is 21.3 Å². The van der Waals surface area contributed by atoms with Crippen molar-refractivity contribution in [2.75, 3.05) is 6.61 Å². The number of imidazole rings is 1. The fourth-order valence-electron chi connectivity index (χ4n) is 3.91. The highest BCUT2D eigenvalue weighted by Gasteiger charge is 2.20. The molecule has 0 aliphatic heterocycles. The molecule has 0 amide bonds. The zero-order valence-electron chi connectivity index (χ0n) is 18.7. The third kappa shape index (κ3) is 4.35. The molecule has 1 unspecified atom stereocenters. The van der Waals surface area contributed by atoms with E-state index >= 15 is 0 Å². The monoisotopic (exact) mass is 414 g/mol. The summed E-state index contributed by atoms with van der Waals surface area (Å²) in [6.45, 7) is 9.73. The van der Waals surface area contributed by atoms with E-state index in [-0.39, 0.29) is 0 Å². The van der Waals surface area contributed by atoms with Crippen molar-refractivity contribution in [3.8, 4) is 5.75 Å². The maximum atomic E-state index is 11.1. The Kier molecular flexibility index (Phi) is 6.10. The quantitative estimate of drug-likeness (QED) is 0.388. The number of benzene rings is 3. The molecule has 1 N–H and O–H groups in total. The maximum Gasteiger partial charge on any atom is 0.143 e. The SMILES string of the molecule is Cc1cc2nc(C(O)c3ccccc3)n(CCCOc3cccc(C)c3C)c2cc1C. The first kappa shape index (κ1) is 21.1. The van der Waals surface area contributed by atoms with Crippen LogP contribution in [-0.2, 0) is 6.54 Å². The van der Waals surface area contributed by atoms with Crippen LogP contribution in [0.3, 0.4) is 0 Å². The highest BCUT2D eigenvalue weighted by molar-refractivity contribution is 5.78. The van der Waals surface area contributed by atoms with E-state index < -0.39 is 6.10 Å². The summed E-state index contributed by atoms with van der Waals surface area (Å²) in [5.74, 6) is 1.62. The van der Waals surface area contributed by atoms with Gasteiger partial charge in [-0.05, 0) is 80.1 Å². The molecule has 0 spiro atoms. The van der Waals surface area contributed by atoms with Gasteiger partial charge in [0.25, 0.3) is 0 Å². The molecule has 1 atom stereocenters. The number of ether oxygens (including phenoxy) is 1. The van der Waals surface area contributed by atoms with E-state index in [0.717, 1.165) is 35.3 Å². The number of nitrogens with zero attached hydrogens (tertiary/aromatic N) is 2. The fraction of sp³-hybridized carbons (Fsp3) is 0.296. The second-order valence-corrected chi connectivity index (χ2v) is 8.26. The number of aryl methyl sites for hydroxylation is 4. The minimum atomic E-state index is -0.769. The second-order valence-electron chi connectivity index (χ2n) is 8.26. The van der Waals surface area contributed by atoms with Crippen LogP contribution in [0, 0.1) is 27.7 Å². The minimum absolute atomic E-state index is 0.607. The summed E-state index contributed by atoms with van der Waals surface area (Å²) in [7, 11) is 0. The summed E-state index contributed by atoms with van der Waals surface area (Å²) >= 11 is 0. The fourth-order valence-corrected chi connectivity index (χ4v) is 3.91. The van der Waals surface area contributed by atoms with E-state index in [1.54, 1.807) is 0 Å². The average molecular weight is 415 g/mol. The van der Waals surface area contributed by atoms with Crippen LogP contribution in [0.5, 0.6) is 5.75 Å². The molecule has 0 aliphatic carbocycles. The lowest BCUT2D eigenvalue weighted by atomic mass is 10.1. The van der Waals surface area contributed by atoms with Gasteiger partial charge in [0.15, 0.2) is 0 Å². The summed E-state index contributed by atoms with van der Waals surface area (Å²) < 4.78 is 8.20. The van der Waals surface area contributed by atoms with Gasteiger partial charge in [0.2, 0.25) is 0 Å². The summed E-state index contributed by atoms with van der Waals surface area (Å²) in [4.78, 5) is 4.83. The normalized spacial score (nSPS) is 12.3. The van der Waals surface area contributed by atoms with Crippen LogP contribution in [0.15, 0.2) is 60.7 Å². The van der Waals surface area contributed by atoms with Crippen LogP contribution < -0.4 is 4.74 Å². The zero-order chi connectivity index (χ0) is 22.0. The van der Waals surface area contributed by atoms with Gasteiger partial charge < -0.3 is 14.4 Å². The van der Waals surface area contributed by atoms with Crippen LogP contribution in [0.1, 0.15) is 46.2 Å². The Morgan fingerprint density at radius 2 is 1.65 bits per heavy atom. The highest BCUT2D eigenvalue weighted by atomic mass is 16.5. The third-order valence-corrected chi connectivity index (χ3v) is 6.09. The molecule has 31 heavy (non-hydrogen) atoms. The van der Waals surface area contributed by atoms with E-state index in [0.29, 0.717) is 12.4 Å². The molecule has 0 radical (unpaired) electrons. The van der Waals surface area contributed by atoms with E-state index in [4.69, 9.17) is 9.72 Å². The van der Waals surface area contributed by atoms with Crippen molar-refractivity contribution >= 4 is 11.0 Å². The first-order valence-electron chi connectivity index (χ1n) is 10.8. The third-order valence-electron chi connectivity index (χ3n) is 6.09. The number of hydrogen-bond acceptors (Lipinski definition) is 3. The number of aliphatic hydroxyl groups excluding tert-OH is 1. The highest BCUT2D eigenvalue weighted by Crippen LogP contribution is 2.28. The summed E-state index contributed by atoms with van der Waals surface area (Å²) in [5.41, 5.74) is 7.67. The molecule has 0 aliphatic rings. The molecule has 160 valence electrons. The van der Waals surface area contributed by atoms with Crippen molar-refractivity contribution in [2.24, 2.45) is 0 Å².